The van der Waals surface area contributed by atoms with Gasteiger partial charge in [-0.3, -0.25) is 14.9 Å². The topological polar surface area (TPSA) is 144 Å². The van der Waals surface area contributed by atoms with E-state index in [0.717, 1.165) is 0 Å². The quantitative estimate of drug-likeness (QED) is 0.478. The molecule has 10 heteroatoms. The van der Waals surface area contributed by atoms with E-state index >= 15 is 0 Å². The summed E-state index contributed by atoms with van der Waals surface area (Å²) in [7, 11) is -3.67. The zero-order valence-corrected chi connectivity index (χ0v) is 12.1. The SMILES string of the molecule is CCNC(=O)c1ccc([N+](=O)[O-])c(NCCS(N)(=O)=O)c1. The lowest BCUT2D eigenvalue weighted by atomic mass is 10.1. The number of carbonyl (C=O) groups is 1. The Hall–Kier alpha value is -2.20. The Kier molecular flexibility index (Phi) is 5.61. The van der Waals surface area contributed by atoms with Crippen LogP contribution in [0.15, 0.2) is 18.2 Å². The molecule has 0 aliphatic heterocycles. The number of primary sulfonamides is 1. The van der Waals surface area contributed by atoms with E-state index in [-0.39, 0.29) is 35.1 Å². The van der Waals surface area contributed by atoms with Gasteiger partial charge < -0.3 is 10.6 Å². The number of nitrogens with one attached hydrogen (secondary N) is 2. The highest BCUT2D eigenvalue weighted by Gasteiger charge is 2.17. The molecule has 0 unspecified atom stereocenters. The van der Waals surface area contributed by atoms with Crippen LogP contribution in [0.5, 0.6) is 0 Å². The molecule has 1 amide bonds. The maximum absolute atomic E-state index is 11.7. The average Bonchev–Trinajstić information content (AvgIpc) is 2.37. The number of hydrogen-bond acceptors (Lipinski definition) is 6. The summed E-state index contributed by atoms with van der Waals surface area (Å²) in [6, 6.07) is 3.81. The van der Waals surface area contributed by atoms with Crippen LogP contribution in [-0.4, -0.2) is 38.1 Å². The van der Waals surface area contributed by atoms with Gasteiger partial charge >= 0.3 is 0 Å². The van der Waals surface area contributed by atoms with Crippen molar-refractivity contribution in [1.29, 1.82) is 0 Å². The fourth-order valence-electron chi connectivity index (χ4n) is 1.57. The lowest BCUT2D eigenvalue weighted by molar-refractivity contribution is -0.384. The predicted octanol–water partition coefficient (Wildman–Crippen LogP) is 0.0449. The highest BCUT2D eigenvalue weighted by atomic mass is 32.2. The molecular weight excluding hydrogens is 300 g/mol. The van der Waals surface area contributed by atoms with Crippen molar-refractivity contribution in [3.05, 3.63) is 33.9 Å². The summed E-state index contributed by atoms with van der Waals surface area (Å²) in [5.74, 6) is -0.753. The van der Waals surface area contributed by atoms with E-state index in [1.807, 2.05) is 0 Å². The molecule has 0 fully saturated rings. The van der Waals surface area contributed by atoms with E-state index in [1.54, 1.807) is 6.92 Å². The van der Waals surface area contributed by atoms with Gasteiger partial charge in [-0.25, -0.2) is 13.6 Å². The number of nitrogens with zero attached hydrogens (tertiary/aromatic N) is 1. The molecule has 0 aliphatic carbocycles. The van der Waals surface area contributed by atoms with Crippen molar-refractivity contribution in [2.45, 2.75) is 6.92 Å². The fraction of sp³-hybridized carbons (Fsp3) is 0.364. The minimum atomic E-state index is -3.67. The second-order valence-electron chi connectivity index (χ2n) is 4.14. The van der Waals surface area contributed by atoms with Crippen LogP contribution in [0, 0.1) is 10.1 Å². The number of sulfonamides is 1. The van der Waals surface area contributed by atoms with E-state index in [0.29, 0.717) is 6.54 Å². The van der Waals surface area contributed by atoms with Gasteiger partial charge in [-0.15, -0.1) is 0 Å². The number of nitro benzene ring substituents is 1. The first kappa shape index (κ1) is 16.9. The van der Waals surface area contributed by atoms with Gasteiger partial charge in [0.25, 0.3) is 11.6 Å². The molecule has 1 aromatic rings. The third-order valence-corrected chi connectivity index (χ3v) is 3.27. The van der Waals surface area contributed by atoms with E-state index < -0.39 is 14.9 Å². The molecule has 0 saturated carbocycles. The van der Waals surface area contributed by atoms with Crippen LogP contribution in [0.25, 0.3) is 0 Å². The van der Waals surface area contributed by atoms with Crippen molar-refractivity contribution in [2.75, 3.05) is 24.2 Å². The lowest BCUT2D eigenvalue weighted by Gasteiger charge is -2.08. The molecule has 0 aromatic heterocycles. The molecule has 0 heterocycles. The summed E-state index contributed by atoms with van der Waals surface area (Å²) in [6.07, 6.45) is 0. The highest BCUT2D eigenvalue weighted by Crippen LogP contribution is 2.25. The van der Waals surface area contributed by atoms with Crippen LogP contribution in [-0.2, 0) is 10.0 Å². The summed E-state index contributed by atoms with van der Waals surface area (Å²) in [5.41, 5.74) is 0.0467. The predicted molar refractivity (Wildman–Crippen MR) is 77.6 cm³/mol. The van der Waals surface area contributed by atoms with Gasteiger partial charge in [-0.05, 0) is 19.1 Å². The van der Waals surface area contributed by atoms with E-state index in [1.165, 1.54) is 18.2 Å². The molecule has 0 aliphatic rings. The molecule has 4 N–H and O–H groups in total. The first-order valence-electron chi connectivity index (χ1n) is 6.05. The van der Waals surface area contributed by atoms with Gasteiger partial charge in [0.2, 0.25) is 10.0 Å². The van der Waals surface area contributed by atoms with Crippen LogP contribution in [0.2, 0.25) is 0 Å². The van der Waals surface area contributed by atoms with Gasteiger partial charge in [0.1, 0.15) is 5.69 Å². The van der Waals surface area contributed by atoms with Crippen molar-refractivity contribution in [1.82, 2.24) is 5.32 Å². The summed E-state index contributed by atoms with van der Waals surface area (Å²) in [6.45, 7) is 2.07. The van der Waals surface area contributed by atoms with Crippen molar-refractivity contribution in [3.8, 4) is 0 Å². The minimum absolute atomic E-state index is 0.0624. The van der Waals surface area contributed by atoms with Crippen molar-refractivity contribution in [3.63, 3.8) is 0 Å². The monoisotopic (exact) mass is 316 g/mol. The Balaban J connectivity index is 2.99. The summed E-state index contributed by atoms with van der Waals surface area (Å²) in [5, 5.41) is 20.9. The molecular formula is C11H16N4O5S. The minimum Gasteiger partial charge on any atom is -0.378 e. The van der Waals surface area contributed by atoms with Gasteiger partial charge in [-0.1, -0.05) is 0 Å². The molecule has 116 valence electrons. The first-order valence-corrected chi connectivity index (χ1v) is 7.77. The first-order chi connectivity index (χ1) is 9.74. The summed E-state index contributed by atoms with van der Waals surface area (Å²) < 4.78 is 21.7. The van der Waals surface area contributed by atoms with Gasteiger partial charge in [-0.2, -0.15) is 0 Å². The summed E-state index contributed by atoms with van der Waals surface area (Å²) >= 11 is 0. The number of anilines is 1. The number of carbonyl (C=O) groups excluding carboxylic acids is 1. The Bertz CT molecular complexity index is 644. The zero-order chi connectivity index (χ0) is 16.0. The Morgan fingerprint density at radius 2 is 2.10 bits per heavy atom. The van der Waals surface area contributed by atoms with E-state index in [4.69, 9.17) is 5.14 Å². The van der Waals surface area contributed by atoms with E-state index in [2.05, 4.69) is 10.6 Å². The Labute approximate surface area is 121 Å². The van der Waals surface area contributed by atoms with Gasteiger partial charge in [0, 0.05) is 24.7 Å². The molecule has 0 atom stereocenters. The van der Waals surface area contributed by atoms with Crippen molar-refractivity contribution >= 4 is 27.3 Å². The Morgan fingerprint density at radius 3 is 2.62 bits per heavy atom. The number of benzene rings is 1. The number of amides is 1. The molecule has 1 aromatic carbocycles. The molecule has 0 saturated heterocycles. The molecule has 0 radical (unpaired) electrons. The average molecular weight is 316 g/mol. The molecule has 21 heavy (non-hydrogen) atoms. The lowest BCUT2D eigenvalue weighted by Crippen LogP contribution is -2.24. The Morgan fingerprint density at radius 1 is 1.43 bits per heavy atom. The number of nitrogens with two attached hydrogens (primary N) is 1. The van der Waals surface area contributed by atoms with Crippen LogP contribution >= 0.6 is 0 Å². The molecule has 9 nitrogen and oxygen atoms in total. The molecule has 0 bridgehead atoms. The standard InChI is InChI=1S/C11H16N4O5S/c1-2-13-11(16)8-3-4-10(15(17)18)9(7-8)14-5-6-21(12,19)20/h3-4,7,14H,2,5-6H2,1H3,(H,13,16)(H2,12,19,20). The third kappa shape index (κ3) is 5.36. The van der Waals surface area contributed by atoms with Gasteiger partial charge in [0.15, 0.2) is 0 Å². The number of rotatable bonds is 7. The highest BCUT2D eigenvalue weighted by molar-refractivity contribution is 7.89. The van der Waals surface area contributed by atoms with E-state index in [9.17, 15) is 23.3 Å². The van der Waals surface area contributed by atoms with Crippen LogP contribution in [0.3, 0.4) is 0 Å². The maximum atomic E-state index is 11.7. The van der Waals surface area contributed by atoms with Gasteiger partial charge in [0.05, 0.1) is 10.7 Å². The molecule has 0 spiro atoms. The maximum Gasteiger partial charge on any atom is 0.292 e. The van der Waals surface area contributed by atoms with Crippen molar-refractivity contribution in [2.24, 2.45) is 5.14 Å². The van der Waals surface area contributed by atoms with Crippen molar-refractivity contribution < 1.29 is 18.1 Å². The summed E-state index contributed by atoms with van der Waals surface area (Å²) in [4.78, 5) is 22.0. The normalized spacial score (nSPS) is 11.0. The molecule has 1 rings (SSSR count). The number of hydrogen-bond donors (Lipinski definition) is 3. The van der Waals surface area contributed by atoms with Crippen LogP contribution in [0.4, 0.5) is 11.4 Å². The van der Waals surface area contributed by atoms with Crippen LogP contribution < -0.4 is 15.8 Å². The third-order valence-electron chi connectivity index (χ3n) is 2.49. The largest absolute Gasteiger partial charge is 0.378 e. The fourth-order valence-corrected chi connectivity index (χ4v) is 1.96. The zero-order valence-electron chi connectivity index (χ0n) is 11.3. The second-order valence-corrected chi connectivity index (χ2v) is 5.88. The second kappa shape index (κ2) is 6.99. The van der Waals surface area contributed by atoms with Crippen LogP contribution in [0.1, 0.15) is 17.3 Å². The smallest absolute Gasteiger partial charge is 0.292 e. The number of nitro groups is 1.